The third-order valence-corrected chi connectivity index (χ3v) is 5.11. The molecular weight excluding hydrogens is 370 g/mol. The molecule has 30 heavy (non-hydrogen) atoms. The van der Waals surface area contributed by atoms with Crippen molar-refractivity contribution >= 4 is 5.57 Å². The maximum Gasteiger partial charge on any atom is 0.291 e. The number of ether oxygens (including phenoxy) is 1. The van der Waals surface area contributed by atoms with Gasteiger partial charge in [-0.25, -0.2) is 0 Å². The lowest BCUT2D eigenvalue weighted by molar-refractivity contribution is 0.474. The second-order valence-electron chi connectivity index (χ2n) is 8.71. The van der Waals surface area contributed by atoms with Crippen LogP contribution in [0.2, 0.25) is 0 Å². The zero-order chi connectivity index (χ0) is 21.7. The molecule has 0 radical (unpaired) electrons. The largest absolute Gasteiger partial charge is 0.452 e. The van der Waals surface area contributed by atoms with Gasteiger partial charge in [0.15, 0.2) is 5.75 Å². The summed E-state index contributed by atoms with van der Waals surface area (Å²) in [6, 6.07) is 19.9. The first-order valence-corrected chi connectivity index (χ1v) is 10.6. The number of rotatable bonds is 6. The van der Waals surface area contributed by atoms with Crippen molar-refractivity contribution in [1.29, 1.82) is 0 Å². The van der Waals surface area contributed by atoms with Crippen molar-refractivity contribution in [3.63, 3.8) is 0 Å². The van der Waals surface area contributed by atoms with Gasteiger partial charge in [-0.3, -0.25) is 4.79 Å². The third-order valence-electron chi connectivity index (χ3n) is 5.11. The molecule has 3 heteroatoms. The minimum Gasteiger partial charge on any atom is -0.452 e. The van der Waals surface area contributed by atoms with E-state index in [0.717, 1.165) is 35.2 Å². The van der Waals surface area contributed by atoms with E-state index in [1.807, 2.05) is 37.3 Å². The lowest BCUT2D eigenvalue weighted by atomic mass is 9.86. The van der Waals surface area contributed by atoms with Gasteiger partial charge >= 0.3 is 0 Å². The second kappa shape index (κ2) is 9.17. The van der Waals surface area contributed by atoms with E-state index in [1.165, 1.54) is 5.56 Å². The molecule has 3 nitrogen and oxygen atoms in total. The molecular formula is C27H31NO2. The molecule has 3 aromatic rings. The van der Waals surface area contributed by atoms with E-state index in [1.54, 1.807) is 6.07 Å². The number of hydrogen-bond acceptors (Lipinski definition) is 2. The molecule has 0 fully saturated rings. The molecule has 0 saturated heterocycles. The maximum atomic E-state index is 12.7. The van der Waals surface area contributed by atoms with Crippen molar-refractivity contribution in [2.75, 3.05) is 0 Å². The van der Waals surface area contributed by atoms with Gasteiger partial charge < -0.3 is 9.72 Å². The van der Waals surface area contributed by atoms with Crippen LogP contribution in [0.25, 0.3) is 5.57 Å². The van der Waals surface area contributed by atoms with Crippen molar-refractivity contribution in [1.82, 2.24) is 4.98 Å². The number of hydrogen-bond donors (Lipinski definition) is 1. The number of nitrogens with one attached hydrogen (secondary N) is 1. The summed E-state index contributed by atoms with van der Waals surface area (Å²) >= 11 is 0. The Bertz CT molecular complexity index is 1070. The number of unbranched alkanes of at least 4 members (excludes halogenated alkanes) is 1. The summed E-state index contributed by atoms with van der Waals surface area (Å²) < 4.78 is 5.78. The highest BCUT2D eigenvalue weighted by Crippen LogP contribution is 2.28. The van der Waals surface area contributed by atoms with Gasteiger partial charge in [0, 0.05) is 11.3 Å². The number of aromatic nitrogens is 1. The molecule has 3 rings (SSSR count). The topological polar surface area (TPSA) is 42.1 Å². The molecule has 0 atom stereocenters. The standard InChI is InChI=1S/C27H31NO2/c1-6-7-8-23(20-11-13-21(14-12-20)27(3,4)5)24-17-18-25(26(29)28-24)30-22-15-9-19(2)10-16-22/h8-18H,6-7H2,1-5H3,(H,28,29)/b23-8+. The summed E-state index contributed by atoms with van der Waals surface area (Å²) in [6.45, 7) is 10.8. The van der Waals surface area contributed by atoms with Gasteiger partial charge in [0.05, 0.1) is 0 Å². The van der Waals surface area contributed by atoms with Gasteiger partial charge in [0.1, 0.15) is 5.75 Å². The average molecular weight is 402 g/mol. The number of aryl methyl sites for hydroxylation is 1. The van der Waals surface area contributed by atoms with E-state index >= 15 is 0 Å². The Kier molecular flexibility index (Phi) is 6.61. The van der Waals surface area contributed by atoms with Crippen LogP contribution in [0.3, 0.4) is 0 Å². The fourth-order valence-corrected chi connectivity index (χ4v) is 3.25. The van der Waals surface area contributed by atoms with Gasteiger partial charge in [-0.1, -0.05) is 82.2 Å². The first kappa shape index (κ1) is 21.6. The summed E-state index contributed by atoms with van der Waals surface area (Å²) in [5, 5.41) is 0. The van der Waals surface area contributed by atoms with Gasteiger partial charge in [0.2, 0.25) is 0 Å². The quantitative estimate of drug-likeness (QED) is 0.483. The molecule has 156 valence electrons. The molecule has 0 aliphatic heterocycles. The van der Waals surface area contributed by atoms with Crippen LogP contribution in [0.5, 0.6) is 11.5 Å². The molecule has 0 spiro atoms. The monoisotopic (exact) mass is 401 g/mol. The average Bonchev–Trinajstić information content (AvgIpc) is 2.71. The van der Waals surface area contributed by atoms with Crippen LogP contribution in [-0.4, -0.2) is 4.98 Å². The Morgan fingerprint density at radius 3 is 2.20 bits per heavy atom. The van der Waals surface area contributed by atoms with Crippen LogP contribution in [0.4, 0.5) is 0 Å². The van der Waals surface area contributed by atoms with Crippen LogP contribution in [0.15, 0.2) is 71.5 Å². The van der Waals surface area contributed by atoms with E-state index in [2.05, 4.69) is 63.0 Å². The van der Waals surface area contributed by atoms with Gasteiger partial charge in [-0.2, -0.15) is 0 Å². The van der Waals surface area contributed by atoms with E-state index in [-0.39, 0.29) is 11.0 Å². The van der Waals surface area contributed by atoms with Crippen molar-refractivity contribution < 1.29 is 4.74 Å². The summed E-state index contributed by atoms with van der Waals surface area (Å²) in [6.07, 6.45) is 4.18. The highest BCUT2D eigenvalue weighted by Gasteiger charge is 2.14. The minimum atomic E-state index is -0.234. The summed E-state index contributed by atoms with van der Waals surface area (Å²) in [5.41, 5.74) is 5.24. The van der Waals surface area contributed by atoms with Gasteiger partial charge in [-0.05, 0) is 54.2 Å². The summed E-state index contributed by atoms with van der Waals surface area (Å²) in [4.78, 5) is 15.7. The third kappa shape index (κ3) is 5.29. The molecule has 0 amide bonds. The van der Waals surface area contributed by atoms with Crippen LogP contribution in [0.1, 0.15) is 62.9 Å². The van der Waals surface area contributed by atoms with E-state index in [0.29, 0.717) is 11.5 Å². The molecule has 0 aliphatic carbocycles. The molecule has 1 heterocycles. The number of allylic oxidation sites excluding steroid dienone is 1. The van der Waals surface area contributed by atoms with E-state index < -0.39 is 0 Å². The smallest absolute Gasteiger partial charge is 0.291 e. The Labute approximate surface area is 179 Å². The molecule has 1 N–H and O–H groups in total. The number of benzene rings is 2. The maximum absolute atomic E-state index is 12.7. The number of aromatic amines is 1. The highest BCUT2D eigenvalue weighted by atomic mass is 16.5. The molecule has 0 saturated carbocycles. The summed E-state index contributed by atoms with van der Waals surface area (Å²) in [7, 11) is 0. The lowest BCUT2D eigenvalue weighted by Crippen LogP contribution is -2.12. The highest BCUT2D eigenvalue weighted by molar-refractivity contribution is 5.78. The molecule has 0 aliphatic rings. The van der Waals surface area contributed by atoms with Crippen LogP contribution < -0.4 is 10.3 Å². The molecule has 0 unspecified atom stereocenters. The lowest BCUT2D eigenvalue weighted by Gasteiger charge is -2.19. The number of pyridine rings is 1. The fourth-order valence-electron chi connectivity index (χ4n) is 3.25. The SMILES string of the molecule is CCC/C=C(\c1ccc(C(C)(C)C)cc1)c1ccc(Oc2ccc(C)cc2)c(=O)[nH]1. The minimum absolute atomic E-state index is 0.106. The van der Waals surface area contributed by atoms with Crippen molar-refractivity contribution in [3.05, 3.63) is 99.5 Å². The second-order valence-corrected chi connectivity index (χ2v) is 8.71. The van der Waals surface area contributed by atoms with Crippen LogP contribution in [-0.2, 0) is 5.41 Å². The summed E-state index contributed by atoms with van der Waals surface area (Å²) in [5.74, 6) is 0.943. The van der Waals surface area contributed by atoms with Crippen molar-refractivity contribution in [2.45, 2.75) is 52.9 Å². The van der Waals surface area contributed by atoms with E-state index in [4.69, 9.17) is 4.74 Å². The fraction of sp³-hybridized carbons (Fsp3) is 0.296. The van der Waals surface area contributed by atoms with Crippen molar-refractivity contribution in [3.8, 4) is 11.5 Å². The Hall–Kier alpha value is -3.07. The first-order valence-electron chi connectivity index (χ1n) is 10.6. The van der Waals surface area contributed by atoms with E-state index in [9.17, 15) is 4.79 Å². The molecule has 1 aromatic heterocycles. The Balaban J connectivity index is 1.92. The van der Waals surface area contributed by atoms with Crippen molar-refractivity contribution in [2.24, 2.45) is 0 Å². The first-order chi connectivity index (χ1) is 14.3. The van der Waals surface area contributed by atoms with Crippen LogP contribution >= 0.6 is 0 Å². The zero-order valence-electron chi connectivity index (χ0n) is 18.6. The molecule has 2 aromatic carbocycles. The van der Waals surface area contributed by atoms with Gasteiger partial charge in [-0.15, -0.1) is 0 Å². The normalized spacial score (nSPS) is 12.1. The predicted octanol–water partition coefficient (Wildman–Crippen LogP) is 7.00. The Morgan fingerprint density at radius 2 is 1.63 bits per heavy atom. The Morgan fingerprint density at radius 1 is 0.967 bits per heavy atom. The predicted molar refractivity (Wildman–Crippen MR) is 125 cm³/mol. The van der Waals surface area contributed by atoms with Crippen LogP contribution in [0, 0.1) is 6.92 Å². The zero-order valence-corrected chi connectivity index (χ0v) is 18.6. The number of H-pyrrole nitrogens is 1. The molecule has 0 bridgehead atoms. The van der Waals surface area contributed by atoms with Gasteiger partial charge in [0.25, 0.3) is 5.56 Å².